The van der Waals surface area contributed by atoms with E-state index in [1.54, 1.807) is 18.2 Å². The monoisotopic (exact) mass is 335 g/mol. The van der Waals surface area contributed by atoms with Crippen LogP contribution in [0.4, 0.5) is 4.79 Å². The third-order valence-electron chi connectivity index (χ3n) is 3.83. The molecule has 1 atom stereocenters. The van der Waals surface area contributed by atoms with Crippen LogP contribution in [0.2, 0.25) is 0 Å². The summed E-state index contributed by atoms with van der Waals surface area (Å²) in [5.41, 5.74) is 0.723. The summed E-state index contributed by atoms with van der Waals surface area (Å²) in [5.74, 6) is 1.40. The number of benzene rings is 1. The van der Waals surface area contributed by atoms with Gasteiger partial charge in [-0.2, -0.15) is 0 Å². The van der Waals surface area contributed by atoms with Gasteiger partial charge in [0.15, 0.2) is 11.5 Å². The first-order valence-corrected chi connectivity index (χ1v) is 8.11. The van der Waals surface area contributed by atoms with E-state index in [0.717, 1.165) is 23.7 Å². The second-order valence-corrected chi connectivity index (χ2v) is 6.26. The minimum absolute atomic E-state index is 0.111. The van der Waals surface area contributed by atoms with Gasteiger partial charge in [0.2, 0.25) is 12.5 Å². The SMILES string of the molecule is CC[C@H](C)N1C(=O)S/C(=C/c2cc(OC)c3c(c2)OCO3)C1=O. The lowest BCUT2D eigenvalue weighted by Gasteiger charge is -2.19. The molecular formula is C16H17NO5S. The Morgan fingerprint density at radius 2 is 2.17 bits per heavy atom. The van der Waals surface area contributed by atoms with Crippen molar-refractivity contribution in [2.45, 2.75) is 26.3 Å². The molecule has 0 aliphatic carbocycles. The van der Waals surface area contributed by atoms with E-state index in [2.05, 4.69) is 0 Å². The maximum atomic E-state index is 12.4. The molecule has 2 heterocycles. The van der Waals surface area contributed by atoms with Crippen molar-refractivity contribution in [1.29, 1.82) is 0 Å². The quantitative estimate of drug-likeness (QED) is 0.787. The van der Waals surface area contributed by atoms with Crippen molar-refractivity contribution in [3.05, 3.63) is 22.6 Å². The van der Waals surface area contributed by atoms with Crippen LogP contribution in [0, 0.1) is 0 Å². The number of ether oxygens (including phenoxy) is 3. The summed E-state index contributed by atoms with van der Waals surface area (Å²) in [6.45, 7) is 3.95. The first-order valence-electron chi connectivity index (χ1n) is 7.29. The van der Waals surface area contributed by atoms with Crippen LogP contribution in [0.1, 0.15) is 25.8 Å². The highest BCUT2D eigenvalue weighted by molar-refractivity contribution is 8.18. The van der Waals surface area contributed by atoms with Crippen molar-refractivity contribution in [3.63, 3.8) is 0 Å². The van der Waals surface area contributed by atoms with Crippen LogP contribution in [0.15, 0.2) is 17.0 Å². The Labute approximate surface area is 138 Å². The normalized spacial score (nSPS) is 19.6. The molecule has 0 unspecified atom stereocenters. The number of amides is 2. The number of thioether (sulfide) groups is 1. The van der Waals surface area contributed by atoms with E-state index in [4.69, 9.17) is 14.2 Å². The smallest absolute Gasteiger partial charge is 0.293 e. The number of imide groups is 1. The number of carbonyl (C=O) groups excluding carboxylic acids is 2. The van der Waals surface area contributed by atoms with E-state index in [1.165, 1.54) is 12.0 Å². The Morgan fingerprint density at radius 1 is 1.39 bits per heavy atom. The predicted molar refractivity (Wildman–Crippen MR) is 86.7 cm³/mol. The minimum Gasteiger partial charge on any atom is -0.493 e. The van der Waals surface area contributed by atoms with Gasteiger partial charge in [-0.1, -0.05) is 6.92 Å². The fourth-order valence-corrected chi connectivity index (χ4v) is 3.36. The molecular weight excluding hydrogens is 318 g/mol. The highest BCUT2D eigenvalue weighted by Gasteiger charge is 2.37. The molecule has 0 aromatic heterocycles. The molecule has 1 aromatic carbocycles. The van der Waals surface area contributed by atoms with Gasteiger partial charge >= 0.3 is 0 Å². The molecule has 122 valence electrons. The van der Waals surface area contributed by atoms with E-state index in [9.17, 15) is 9.59 Å². The summed E-state index contributed by atoms with van der Waals surface area (Å²) >= 11 is 0.953. The Morgan fingerprint density at radius 3 is 2.87 bits per heavy atom. The van der Waals surface area contributed by atoms with Crippen LogP contribution in [0.5, 0.6) is 17.2 Å². The number of methoxy groups -OCH3 is 1. The molecule has 1 fully saturated rings. The van der Waals surface area contributed by atoms with Crippen molar-refractivity contribution in [2.75, 3.05) is 13.9 Å². The number of hydrogen-bond donors (Lipinski definition) is 0. The van der Waals surface area contributed by atoms with E-state index >= 15 is 0 Å². The molecule has 1 saturated heterocycles. The van der Waals surface area contributed by atoms with Crippen LogP contribution in [0.25, 0.3) is 6.08 Å². The summed E-state index contributed by atoms with van der Waals surface area (Å²) in [5, 5.41) is -0.233. The van der Waals surface area contributed by atoms with Gasteiger partial charge in [-0.25, -0.2) is 0 Å². The molecule has 2 amide bonds. The highest BCUT2D eigenvalue weighted by Crippen LogP contribution is 2.43. The summed E-state index contributed by atoms with van der Waals surface area (Å²) in [6, 6.07) is 3.41. The van der Waals surface area contributed by atoms with Gasteiger partial charge in [0, 0.05) is 6.04 Å². The first-order chi connectivity index (χ1) is 11.0. The van der Waals surface area contributed by atoms with Crippen LogP contribution in [-0.2, 0) is 4.79 Å². The fraction of sp³-hybridized carbons (Fsp3) is 0.375. The maximum absolute atomic E-state index is 12.4. The predicted octanol–water partition coefficient (Wildman–Crippen LogP) is 3.26. The summed E-state index contributed by atoms with van der Waals surface area (Å²) in [6.07, 6.45) is 2.40. The van der Waals surface area contributed by atoms with Crippen molar-refractivity contribution in [2.24, 2.45) is 0 Å². The van der Waals surface area contributed by atoms with E-state index in [0.29, 0.717) is 22.2 Å². The fourth-order valence-electron chi connectivity index (χ4n) is 2.43. The molecule has 3 rings (SSSR count). The average Bonchev–Trinajstić information content (AvgIpc) is 3.11. The zero-order valence-corrected chi connectivity index (χ0v) is 13.9. The first kappa shape index (κ1) is 15.7. The third-order valence-corrected chi connectivity index (χ3v) is 4.72. The molecule has 1 aromatic rings. The van der Waals surface area contributed by atoms with E-state index < -0.39 is 0 Å². The maximum Gasteiger partial charge on any atom is 0.293 e. The number of rotatable bonds is 4. The standard InChI is InChI=1S/C16H17NO5S/c1-4-9(2)17-15(18)13(23-16(17)19)7-10-5-11(20-3)14-12(6-10)21-8-22-14/h5-7,9H,4,8H2,1-3H3/b13-7+/t9-/m0/s1. The topological polar surface area (TPSA) is 65.1 Å². The van der Waals surface area contributed by atoms with Gasteiger partial charge in [0.05, 0.1) is 12.0 Å². The van der Waals surface area contributed by atoms with Crippen molar-refractivity contribution < 1.29 is 23.8 Å². The minimum atomic E-state index is -0.258. The van der Waals surface area contributed by atoms with Gasteiger partial charge in [0.25, 0.3) is 11.1 Å². The second-order valence-electron chi connectivity index (χ2n) is 5.27. The molecule has 0 saturated carbocycles. The number of fused-ring (bicyclic) bond motifs is 1. The lowest BCUT2D eigenvalue weighted by Crippen LogP contribution is -2.36. The van der Waals surface area contributed by atoms with Crippen LogP contribution in [-0.4, -0.2) is 36.0 Å². The molecule has 2 aliphatic heterocycles. The molecule has 0 bridgehead atoms. The largest absolute Gasteiger partial charge is 0.493 e. The van der Waals surface area contributed by atoms with Gasteiger partial charge < -0.3 is 14.2 Å². The summed E-state index contributed by atoms with van der Waals surface area (Å²) in [4.78, 5) is 26.2. The lowest BCUT2D eigenvalue weighted by atomic mass is 10.1. The number of carbonyl (C=O) groups is 2. The Kier molecular flexibility index (Phi) is 4.21. The second kappa shape index (κ2) is 6.16. The molecule has 0 radical (unpaired) electrons. The van der Waals surface area contributed by atoms with Gasteiger partial charge in [0.1, 0.15) is 0 Å². The molecule has 0 N–H and O–H groups in total. The number of nitrogens with zero attached hydrogens (tertiary/aromatic N) is 1. The Bertz CT molecular complexity index is 700. The Hall–Kier alpha value is -2.15. The van der Waals surface area contributed by atoms with Gasteiger partial charge in [-0.05, 0) is 48.9 Å². The van der Waals surface area contributed by atoms with Gasteiger partial charge in [-0.15, -0.1) is 0 Å². The van der Waals surface area contributed by atoms with Crippen LogP contribution < -0.4 is 14.2 Å². The summed E-state index contributed by atoms with van der Waals surface area (Å²) in [7, 11) is 1.54. The lowest BCUT2D eigenvalue weighted by molar-refractivity contribution is -0.124. The van der Waals surface area contributed by atoms with Crippen molar-refractivity contribution in [1.82, 2.24) is 4.90 Å². The molecule has 6 nitrogen and oxygen atoms in total. The zero-order valence-electron chi connectivity index (χ0n) is 13.1. The average molecular weight is 335 g/mol. The summed E-state index contributed by atoms with van der Waals surface area (Å²) < 4.78 is 16.0. The van der Waals surface area contributed by atoms with Crippen LogP contribution >= 0.6 is 11.8 Å². The van der Waals surface area contributed by atoms with Crippen molar-refractivity contribution in [3.8, 4) is 17.2 Å². The molecule has 7 heteroatoms. The highest BCUT2D eigenvalue weighted by atomic mass is 32.2. The van der Waals surface area contributed by atoms with Crippen LogP contribution in [0.3, 0.4) is 0 Å². The van der Waals surface area contributed by atoms with E-state index in [-0.39, 0.29) is 24.0 Å². The zero-order chi connectivity index (χ0) is 16.6. The molecule has 2 aliphatic rings. The van der Waals surface area contributed by atoms with Gasteiger partial charge in [-0.3, -0.25) is 14.5 Å². The van der Waals surface area contributed by atoms with E-state index in [1.807, 2.05) is 13.8 Å². The third kappa shape index (κ3) is 2.76. The molecule has 23 heavy (non-hydrogen) atoms. The molecule has 0 spiro atoms. The number of hydrogen-bond acceptors (Lipinski definition) is 6. The van der Waals surface area contributed by atoms with Crippen molar-refractivity contribution >= 4 is 29.0 Å². The Balaban J connectivity index is 1.94.